The smallest absolute Gasteiger partial charge is 0.317 e. The monoisotopic (exact) mass is 288 g/mol. The number of ether oxygens (including phenoxy) is 2. The Kier molecular flexibility index (Phi) is 7.98. The number of hydrogen-bond acceptors (Lipinski definition) is 4. The molecule has 1 rings (SSSR count). The van der Waals surface area contributed by atoms with Gasteiger partial charge in [-0.2, -0.15) is 0 Å². The van der Waals surface area contributed by atoms with Crippen molar-refractivity contribution in [3.63, 3.8) is 0 Å². The molecule has 0 unspecified atom stereocenters. The van der Waals surface area contributed by atoms with E-state index >= 15 is 0 Å². The molecule has 1 fully saturated rings. The molecule has 0 aliphatic carbocycles. The lowest BCUT2D eigenvalue weighted by Crippen LogP contribution is -2.46. The first kappa shape index (κ1) is 16.7. The van der Waals surface area contributed by atoms with Gasteiger partial charge in [0.25, 0.3) is 0 Å². The van der Waals surface area contributed by atoms with Crippen LogP contribution in [-0.2, 0) is 14.3 Å². The van der Waals surface area contributed by atoms with E-state index in [0.717, 1.165) is 12.8 Å². The van der Waals surface area contributed by atoms with E-state index in [-0.39, 0.29) is 25.2 Å². The molecule has 0 bridgehead atoms. The highest BCUT2D eigenvalue weighted by Gasteiger charge is 2.22. The van der Waals surface area contributed by atoms with Crippen LogP contribution in [0.25, 0.3) is 0 Å². The van der Waals surface area contributed by atoms with Crippen molar-refractivity contribution in [1.29, 1.82) is 0 Å². The van der Waals surface area contributed by atoms with Crippen LogP contribution in [0.5, 0.6) is 0 Å². The van der Waals surface area contributed by atoms with E-state index in [1.54, 1.807) is 4.90 Å². The van der Waals surface area contributed by atoms with Crippen molar-refractivity contribution in [1.82, 2.24) is 10.2 Å². The highest BCUT2D eigenvalue weighted by Crippen LogP contribution is 2.13. The minimum Gasteiger partial charge on any atom is -0.481 e. The topological polar surface area (TPSA) is 88.1 Å². The Morgan fingerprint density at radius 2 is 2.00 bits per heavy atom. The fraction of sp³-hybridized carbons (Fsp3) is 0.846. The van der Waals surface area contributed by atoms with Crippen molar-refractivity contribution < 1.29 is 24.2 Å². The Morgan fingerprint density at radius 1 is 1.30 bits per heavy atom. The molecule has 0 atom stereocenters. The lowest BCUT2D eigenvalue weighted by molar-refractivity contribution is -0.138. The summed E-state index contributed by atoms with van der Waals surface area (Å²) in [7, 11) is 0. The number of carbonyl (C=O) groups is 2. The van der Waals surface area contributed by atoms with Gasteiger partial charge in [0.2, 0.25) is 0 Å². The zero-order valence-corrected chi connectivity index (χ0v) is 12.0. The van der Waals surface area contributed by atoms with Gasteiger partial charge < -0.3 is 24.8 Å². The molecule has 116 valence electrons. The quantitative estimate of drug-likeness (QED) is 0.642. The predicted octanol–water partition coefficient (Wildman–Crippen LogP) is 0.688. The van der Waals surface area contributed by atoms with Crippen molar-refractivity contribution in [3.05, 3.63) is 0 Å². The zero-order valence-electron chi connectivity index (χ0n) is 12.0. The zero-order chi connectivity index (χ0) is 14.8. The Labute approximate surface area is 119 Å². The standard InChI is InChI=1S/C13H24N2O5/c1-2-19-10-6-14-13(18)15-7-3-11(4-8-15)20-9-5-12(16)17/h11H,2-10H2,1H3,(H,14,18)(H,16,17). The summed E-state index contributed by atoms with van der Waals surface area (Å²) < 4.78 is 10.6. The maximum absolute atomic E-state index is 11.8. The fourth-order valence-electron chi connectivity index (χ4n) is 2.02. The number of amides is 2. The summed E-state index contributed by atoms with van der Waals surface area (Å²) in [5.41, 5.74) is 0. The minimum atomic E-state index is -0.851. The van der Waals surface area contributed by atoms with E-state index in [9.17, 15) is 9.59 Å². The van der Waals surface area contributed by atoms with E-state index in [0.29, 0.717) is 32.8 Å². The van der Waals surface area contributed by atoms with E-state index in [1.165, 1.54) is 0 Å². The number of urea groups is 1. The first-order valence-electron chi connectivity index (χ1n) is 7.07. The van der Waals surface area contributed by atoms with Gasteiger partial charge in [0.15, 0.2) is 0 Å². The number of hydrogen-bond donors (Lipinski definition) is 2. The summed E-state index contributed by atoms with van der Waals surface area (Å²) in [6, 6.07) is -0.0753. The number of nitrogens with one attached hydrogen (secondary N) is 1. The van der Waals surface area contributed by atoms with Crippen LogP contribution < -0.4 is 5.32 Å². The van der Waals surface area contributed by atoms with Gasteiger partial charge >= 0.3 is 12.0 Å². The second-order valence-corrected chi connectivity index (χ2v) is 4.63. The summed E-state index contributed by atoms with van der Waals surface area (Å²) >= 11 is 0. The molecular formula is C13H24N2O5. The molecule has 0 aromatic heterocycles. The molecule has 0 radical (unpaired) electrons. The molecule has 1 aliphatic heterocycles. The number of carboxylic acids is 1. The number of carboxylic acid groups (broad SMARTS) is 1. The average Bonchev–Trinajstić information content (AvgIpc) is 2.44. The number of piperidine rings is 1. The second kappa shape index (κ2) is 9.55. The van der Waals surface area contributed by atoms with E-state index in [1.807, 2.05) is 6.92 Å². The number of likely N-dealkylation sites (tertiary alicyclic amines) is 1. The predicted molar refractivity (Wildman–Crippen MR) is 72.7 cm³/mol. The molecular weight excluding hydrogens is 264 g/mol. The van der Waals surface area contributed by atoms with Gasteiger partial charge in [0, 0.05) is 26.2 Å². The first-order chi connectivity index (χ1) is 9.63. The average molecular weight is 288 g/mol. The van der Waals surface area contributed by atoms with Gasteiger partial charge in [-0.05, 0) is 19.8 Å². The number of rotatable bonds is 8. The molecule has 0 aromatic carbocycles. The molecule has 7 nitrogen and oxygen atoms in total. The summed E-state index contributed by atoms with van der Waals surface area (Å²) in [4.78, 5) is 23.9. The number of carbonyl (C=O) groups excluding carboxylic acids is 1. The third-order valence-corrected chi connectivity index (χ3v) is 3.13. The van der Waals surface area contributed by atoms with Crippen molar-refractivity contribution in [3.8, 4) is 0 Å². The third kappa shape index (κ3) is 6.72. The fourth-order valence-corrected chi connectivity index (χ4v) is 2.02. The molecule has 2 N–H and O–H groups in total. The number of aliphatic carboxylic acids is 1. The Morgan fingerprint density at radius 3 is 2.60 bits per heavy atom. The van der Waals surface area contributed by atoms with Gasteiger partial charge in [-0.3, -0.25) is 4.79 Å². The van der Waals surface area contributed by atoms with Gasteiger partial charge in [-0.25, -0.2) is 4.79 Å². The van der Waals surface area contributed by atoms with Gasteiger partial charge in [0.1, 0.15) is 0 Å². The highest BCUT2D eigenvalue weighted by atomic mass is 16.5. The van der Waals surface area contributed by atoms with Crippen LogP contribution in [0, 0.1) is 0 Å². The molecule has 7 heteroatoms. The summed E-state index contributed by atoms with van der Waals surface area (Å²) in [5, 5.41) is 11.3. The van der Waals surface area contributed by atoms with Crippen molar-refractivity contribution in [2.24, 2.45) is 0 Å². The lowest BCUT2D eigenvalue weighted by Gasteiger charge is -2.31. The summed E-state index contributed by atoms with van der Waals surface area (Å²) in [6.45, 7) is 5.11. The summed E-state index contributed by atoms with van der Waals surface area (Å²) in [5.74, 6) is -0.851. The van der Waals surface area contributed by atoms with Crippen molar-refractivity contribution in [2.45, 2.75) is 32.3 Å². The van der Waals surface area contributed by atoms with Crippen LogP contribution in [-0.4, -0.2) is 67.6 Å². The molecule has 2 amide bonds. The van der Waals surface area contributed by atoms with E-state index in [4.69, 9.17) is 14.6 Å². The van der Waals surface area contributed by atoms with Crippen LogP contribution in [0.1, 0.15) is 26.2 Å². The SMILES string of the molecule is CCOCCNC(=O)N1CCC(OCCC(=O)O)CC1. The van der Waals surface area contributed by atoms with Gasteiger partial charge in [-0.15, -0.1) is 0 Å². The molecule has 1 saturated heterocycles. The Bertz CT molecular complexity index is 303. The van der Waals surface area contributed by atoms with Crippen LogP contribution in [0.15, 0.2) is 0 Å². The number of nitrogens with zero attached hydrogens (tertiary/aromatic N) is 1. The maximum atomic E-state index is 11.8. The van der Waals surface area contributed by atoms with Crippen molar-refractivity contribution in [2.75, 3.05) is 39.5 Å². The van der Waals surface area contributed by atoms with E-state index in [2.05, 4.69) is 5.32 Å². The lowest BCUT2D eigenvalue weighted by atomic mass is 10.1. The molecule has 0 aromatic rings. The van der Waals surface area contributed by atoms with Gasteiger partial charge in [-0.1, -0.05) is 0 Å². The van der Waals surface area contributed by atoms with Crippen LogP contribution in [0.4, 0.5) is 4.79 Å². The van der Waals surface area contributed by atoms with Crippen molar-refractivity contribution >= 4 is 12.0 Å². The summed E-state index contributed by atoms with van der Waals surface area (Å²) in [6.07, 6.45) is 1.58. The van der Waals surface area contributed by atoms with Crippen LogP contribution >= 0.6 is 0 Å². The maximum Gasteiger partial charge on any atom is 0.317 e. The Hall–Kier alpha value is -1.34. The molecule has 0 saturated carbocycles. The van der Waals surface area contributed by atoms with Crippen LogP contribution in [0.2, 0.25) is 0 Å². The molecule has 0 spiro atoms. The first-order valence-corrected chi connectivity index (χ1v) is 7.07. The Balaban J connectivity index is 2.11. The third-order valence-electron chi connectivity index (χ3n) is 3.13. The minimum absolute atomic E-state index is 0.0259. The second-order valence-electron chi connectivity index (χ2n) is 4.63. The van der Waals surface area contributed by atoms with Crippen LogP contribution in [0.3, 0.4) is 0 Å². The van der Waals surface area contributed by atoms with E-state index < -0.39 is 5.97 Å². The highest BCUT2D eigenvalue weighted by molar-refractivity contribution is 5.74. The largest absolute Gasteiger partial charge is 0.481 e. The molecule has 20 heavy (non-hydrogen) atoms. The molecule has 1 aliphatic rings. The van der Waals surface area contributed by atoms with Gasteiger partial charge in [0.05, 0.1) is 25.7 Å². The molecule has 1 heterocycles. The normalized spacial score (nSPS) is 16.1.